The van der Waals surface area contributed by atoms with Crippen molar-refractivity contribution < 1.29 is 9.90 Å². The van der Waals surface area contributed by atoms with Gasteiger partial charge in [0.2, 0.25) is 0 Å². The Bertz CT molecular complexity index is 739. The van der Waals surface area contributed by atoms with Gasteiger partial charge in [-0.25, -0.2) is 4.98 Å². The van der Waals surface area contributed by atoms with E-state index in [-0.39, 0.29) is 12.5 Å². The van der Waals surface area contributed by atoms with Crippen LogP contribution in [0.2, 0.25) is 0 Å². The number of carbonyl (C=O) groups is 1. The summed E-state index contributed by atoms with van der Waals surface area (Å²) in [5.41, 5.74) is 1.25. The quantitative estimate of drug-likeness (QED) is 0.754. The summed E-state index contributed by atoms with van der Waals surface area (Å²) in [6.07, 6.45) is 0. The average Bonchev–Trinajstić information content (AvgIpc) is 3.23. The number of thiazole rings is 1. The molecular formula is C16H14N2O2S2. The van der Waals surface area contributed by atoms with Crippen LogP contribution in [0.4, 0.5) is 0 Å². The fourth-order valence-electron chi connectivity index (χ4n) is 2.04. The van der Waals surface area contributed by atoms with Gasteiger partial charge in [-0.1, -0.05) is 36.4 Å². The Morgan fingerprint density at radius 2 is 2.00 bits per heavy atom. The summed E-state index contributed by atoms with van der Waals surface area (Å²) in [5, 5.41) is 16.9. The largest absolute Gasteiger partial charge is 0.394 e. The lowest BCUT2D eigenvalue weighted by atomic mass is 10.1. The summed E-state index contributed by atoms with van der Waals surface area (Å²) in [6.45, 7) is -0.155. The molecule has 0 fully saturated rings. The number of aliphatic hydroxyl groups is 1. The molecular weight excluding hydrogens is 316 g/mol. The van der Waals surface area contributed by atoms with E-state index in [0.29, 0.717) is 5.69 Å². The number of hydrogen-bond donors (Lipinski definition) is 2. The third kappa shape index (κ3) is 3.24. The van der Waals surface area contributed by atoms with Gasteiger partial charge < -0.3 is 10.4 Å². The first-order chi connectivity index (χ1) is 10.8. The maximum absolute atomic E-state index is 12.3. The van der Waals surface area contributed by atoms with E-state index in [1.165, 1.54) is 11.3 Å². The lowest BCUT2D eigenvalue weighted by Gasteiger charge is -2.15. The van der Waals surface area contributed by atoms with Gasteiger partial charge in [-0.3, -0.25) is 4.79 Å². The lowest BCUT2D eigenvalue weighted by molar-refractivity contribution is 0.0912. The van der Waals surface area contributed by atoms with Gasteiger partial charge in [0.15, 0.2) is 0 Å². The van der Waals surface area contributed by atoms with Crippen molar-refractivity contribution >= 4 is 28.6 Å². The van der Waals surface area contributed by atoms with Gasteiger partial charge in [0.05, 0.1) is 17.5 Å². The minimum atomic E-state index is -0.430. The SMILES string of the molecule is O=C(N[C@H](CO)c1ccccc1)c1csc(-c2cccs2)n1. The summed E-state index contributed by atoms with van der Waals surface area (Å²) in [5.74, 6) is -0.276. The van der Waals surface area contributed by atoms with Crippen LogP contribution in [-0.2, 0) is 0 Å². The van der Waals surface area contributed by atoms with Crippen LogP contribution in [0.5, 0.6) is 0 Å². The molecule has 0 saturated heterocycles. The van der Waals surface area contributed by atoms with E-state index in [1.807, 2.05) is 47.8 Å². The summed E-state index contributed by atoms with van der Waals surface area (Å²) >= 11 is 3.03. The van der Waals surface area contributed by atoms with Crippen molar-refractivity contribution in [3.8, 4) is 9.88 Å². The van der Waals surface area contributed by atoms with Gasteiger partial charge in [-0.15, -0.1) is 22.7 Å². The molecule has 3 aromatic rings. The second-order valence-corrected chi connectivity index (χ2v) is 6.44. The molecule has 0 aliphatic rings. The molecule has 0 radical (unpaired) electrons. The summed E-state index contributed by atoms with van der Waals surface area (Å²) in [6, 6.07) is 12.9. The molecule has 1 amide bonds. The molecule has 1 atom stereocenters. The predicted octanol–water partition coefficient (Wildman–Crippen LogP) is 3.34. The molecule has 0 aliphatic heterocycles. The first-order valence-corrected chi connectivity index (χ1v) is 8.50. The standard InChI is InChI=1S/C16H14N2O2S2/c19-9-12(11-5-2-1-3-6-11)17-15(20)13-10-22-16(18-13)14-7-4-8-21-14/h1-8,10,12,19H,9H2,(H,17,20)/t12-/m1/s1. The van der Waals surface area contributed by atoms with Crippen molar-refractivity contribution in [3.05, 3.63) is 64.5 Å². The first-order valence-electron chi connectivity index (χ1n) is 6.74. The van der Waals surface area contributed by atoms with Crippen LogP contribution >= 0.6 is 22.7 Å². The number of thiophene rings is 1. The van der Waals surface area contributed by atoms with Gasteiger partial charge in [0.25, 0.3) is 5.91 Å². The zero-order valence-electron chi connectivity index (χ0n) is 11.6. The molecule has 112 valence electrons. The van der Waals surface area contributed by atoms with E-state index in [2.05, 4.69) is 10.3 Å². The Labute approximate surface area is 136 Å². The van der Waals surface area contributed by atoms with Crippen LogP contribution in [0.1, 0.15) is 22.1 Å². The molecule has 0 unspecified atom stereocenters. The van der Waals surface area contributed by atoms with E-state index < -0.39 is 6.04 Å². The third-order valence-electron chi connectivity index (χ3n) is 3.16. The Balaban J connectivity index is 1.74. The molecule has 0 saturated carbocycles. The number of carbonyl (C=O) groups excluding carboxylic acids is 1. The number of rotatable bonds is 5. The number of benzene rings is 1. The third-order valence-corrected chi connectivity index (χ3v) is 5.04. The molecule has 0 aliphatic carbocycles. The monoisotopic (exact) mass is 330 g/mol. The van der Waals surface area contributed by atoms with Crippen molar-refractivity contribution in [2.24, 2.45) is 0 Å². The van der Waals surface area contributed by atoms with Gasteiger partial charge >= 0.3 is 0 Å². The van der Waals surface area contributed by atoms with Gasteiger partial charge in [-0.2, -0.15) is 0 Å². The van der Waals surface area contributed by atoms with E-state index in [0.717, 1.165) is 15.4 Å². The summed E-state index contributed by atoms with van der Waals surface area (Å²) < 4.78 is 0. The molecule has 3 rings (SSSR count). The second kappa shape index (κ2) is 6.83. The highest BCUT2D eigenvalue weighted by molar-refractivity contribution is 7.20. The van der Waals surface area contributed by atoms with Crippen molar-refractivity contribution in [2.45, 2.75) is 6.04 Å². The lowest BCUT2D eigenvalue weighted by Crippen LogP contribution is -2.30. The highest BCUT2D eigenvalue weighted by atomic mass is 32.1. The smallest absolute Gasteiger partial charge is 0.271 e. The number of hydrogen-bond acceptors (Lipinski definition) is 5. The fourth-order valence-corrected chi connectivity index (χ4v) is 3.66. The van der Waals surface area contributed by atoms with Crippen LogP contribution in [0.3, 0.4) is 0 Å². The number of nitrogens with one attached hydrogen (secondary N) is 1. The Hall–Kier alpha value is -2.02. The number of aliphatic hydroxyl groups excluding tert-OH is 1. The molecule has 6 heteroatoms. The van der Waals surface area contributed by atoms with Crippen molar-refractivity contribution in [1.82, 2.24) is 10.3 Å². The zero-order valence-corrected chi connectivity index (χ0v) is 13.2. The first kappa shape index (κ1) is 14.9. The highest BCUT2D eigenvalue weighted by Gasteiger charge is 2.17. The minimum absolute atomic E-state index is 0.155. The summed E-state index contributed by atoms with van der Waals surface area (Å²) in [7, 11) is 0. The molecule has 2 aromatic heterocycles. The van der Waals surface area contributed by atoms with Crippen molar-refractivity contribution in [3.63, 3.8) is 0 Å². The Morgan fingerprint density at radius 1 is 1.18 bits per heavy atom. The normalized spacial score (nSPS) is 12.0. The van der Waals surface area contributed by atoms with Crippen molar-refractivity contribution in [2.75, 3.05) is 6.61 Å². The van der Waals surface area contributed by atoms with Crippen LogP contribution in [-0.4, -0.2) is 22.6 Å². The number of aromatic nitrogens is 1. The number of amides is 1. The molecule has 2 N–H and O–H groups in total. The molecule has 0 spiro atoms. The summed E-state index contributed by atoms with van der Waals surface area (Å²) in [4.78, 5) is 17.7. The van der Waals surface area contributed by atoms with Crippen LogP contribution in [0, 0.1) is 0 Å². The second-order valence-electron chi connectivity index (χ2n) is 4.63. The van der Waals surface area contributed by atoms with E-state index >= 15 is 0 Å². The van der Waals surface area contributed by atoms with Gasteiger partial charge in [0, 0.05) is 5.38 Å². The molecule has 4 nitrogen and oxygen atoms in total. The molecule has 1 aromatic carbocycles. The zero-order chi connectivity index (χ0) is 15.4. The van der Waals surface area contributed by atoms with Gasteiger partial charge in [0.1, 0.15) is 10.7 Å². The highest BCUT2D eigenvalue weighted by Crippen LogP contribution is 2.27. The van der Waals surface area contributed by atoms with E-state index in [4.69, 9.17) is 0 Å². The van der Waals surface area contributed by atoms with Crippen molar-refractivity contribution in [1.29, 1.82) is 0 Å². The fraction of sp³-hybridized carbons (Fsp3) is 0.125. The molecule has 22 heavy (non-hydrogen) atoms. The minimum Gasteiger partial charge on any atom is -0.394 e. The topological polar surface area (TPSA) is 62.2 Å². The molecule has 2 heterocycles. The van der Waals surface area contributed by atoms with Crippen LogP contribution in [0.25, 0.3) is 9.88 Å². The van der Waals surface area contributed by atoms with Gasteiger partial charge in [-0.05, 0) is 17.0 Å². The van der Waals surface area contributed by atoms with E-state index in [9.17, 15) is 9.90 Å². The Morgan fingerprint density at radius 3 is 2.68 bits per heavy atom. The van der Waals surface area contributed by atoms with Crippen LogP contribution in [0.15, 0.2) is 53.2 Å². The maximum atomic E-state index is 12.3. The Kier molecular flexibility index (Phi) is 4.62. The predicted molar refractivity (Wildman–Crippen MR) is 89.2 cm³/mol. The number of nitrogens with zero attached hydrogens (tertiary/aromatic N) is 1. The average molecular weight is 330 g/mol. The van der Waals surface area contributed by atoms with Crippen LogP contribution < -0.4 is 5.32 Å². The molecule has 0 bridgehead atoms. The van der Waals surface area contributed by atoms with E-state index in [1.54, 1.807) is 16.7 Å². The maximum Gasteiger partial charge on any atom is 0.271 e.